The summed E-state index contributed by atoms with van der Waals surface area (Å²) in [5, 5.41) is 1.39. The number of para-hydroxylation sites is 1. The summed E-state index contributed by atoms with van der Waals surface area (Å²) in [5.41, 5.74) is 2.89. The highest BCUT2D eigenvalue weighted by Gasteiger charge is 2.06. The average molecular weight is 243 g/mol. The Kier molecular flexibility index (Phi) is 4.86. The van der Waals surface area contributed by atoms with E-state index in [2.05, 4.69) is 48.7 Å². The number of hydrogen-bond acceptors (Lipinski definition) is 0. The number of aromatic nitrogens is 1. The number of unbranched alkanes of at least 4 members (excludes halogenated alkanes) is 4. The molecule has 0 radical (unpaired) electrons. The molecule has 18 heavy (non-hydrogen) atoms. The zero-order valence-corrected chi connectivity index (χ0v) is 11.8. The molecule has 0 aliphatic rings. The van der Waals surface area contributed by atoms with Gasteiger partial charge in [0.25, 0.3) is 0 Å². The first kappa shape index (κ1) is 13.2. The minimum Gasteiger partial charge on any atom is -0.345 e. The fourth-order valence-electron chi connectivity index (χ4n) is 2.70. The van der Waals surface area contributed by atoms with E-state index in [4.69, 9.17) is 0 Å². The third-order valence-electron chi connectivity index (χ3n) is 3.74. The van der Waals surface area contributed by atoms with Crippen LogP contribution >= 0.6 is 0 Å². The Morgan fingerprint density at radius 2 is 1.72 bits per heavy atom. The van der Waals surface area contributed by atoms with Crippen molar-refractivity contribution in [1.29, 1.82) is 0 Å². The van der Waals surface area contributed by atoms with Gasteiger partial charge in [0.15, 0.2) is 0 Å². The van der Waals surface area contributed by atoms with Gasteiger partial charge in [-0.15, -0.1) is 0 Å². The van der Waals surface area contributed by atoms with Gasteiger partial charge in [0, 0.05) is 17.8 Å². The first-order valence-corrected chi connectivity index (χ1v) is 7.44. The van der Waals surface area contributed by atoms with Crippen LogP contribution < -0.4 is 0 Å². The number of rotatable bonds is 7. The van der Waals surface area contributed by atoms with Crippen LogP contribution in [0.15, 0.2) is 30.3 Å². The van der Waals surface area contributed by atoms with Crippen molar-refractivity contribution in [2.24, 2.45) is 0 Å². The third kappa shape index (κ3) is 2.95. The molecule has 1 heteroatoms. The van der Waals surface area contributed by atoms with Crippen molar-refractivity contribution in [3.05, 3.63) is 36.0 Å². The minimum absolute atomic E-state index is 1.13. The SMILES string of the molecule is CCCCCCCn1c(CC)cc2ccccc21. The molecule has 0 atom stereocenters. The zero-order valence-electron chi connectivity index (χ0n) is 11.8. The molecule has 0 saturated heterocycles. The lowest BCUT2D eigenvalue weighted by molar-refractivity contribution is 0.568. The second-order valence-electron chi connectivity index (χ2n) is 5.11. The molecule has 1 aromatic heterocycles. The van der Waals surface area contributed by atoms with Gasteiger partial charge in [0.2, 0.25) is 0 Å². The van der Waals surface area contributed by atoms with Crippen LogP contribution in [-0.4, -0.2) is 4.57 Å². The number of aryl methyl sites for hydroxylation is 2. The highest BCUT2D eigenvalue weighted by atomic mass is 15.0. The van der Waals surface area contributed by atoms with Crippen LogP contribution in [0.1, 0.15) is 51.6 Å². The molecule has 2 aromatic rings. The Hall–Kier alpha value is -1.24. The molecule has 0 N–H and O–H groups in total. The summed E-state index contributed by atoms with van der Waals surface area (Å²) < 4.78 is 2.52. The van der Waals surface area contributed by atoms with Crippen molar-refractivity contribution in [1.82, 2.24) is 4.57 Å². The lowest BCUT2D eigenvalue weighted by Crippen LogP contribution is -2.02. The molecule has 0 unspecified atom stereocenters. The largest absolute Gasteiger partial charge is 0.345 e. The van der Waals surface area contributed by atoms with E-state index in [1.54, 1.807) is 0 Å². The summed E-state index contributed by atoms with van der Waals surface area (Å²) in [6.07, 6.45) is 7.90. The van der Waals surface area contributed by atoms with Gasteiger partial charge in [-0.1, -0.05) is 57.7 Å². The smallest absolute Gasteiger partial charge is 0.0482 e. The molecule has 0 bridgehead atoms. The molecule has 1 aromatic carbocycles. The lowest BCUT2D eigenvalue weighted by Gasteiger charge is -2.09. The maximum absolute atomic E-state index is 2.52. The average Bonchev–Trinajstić information content (AvgIpc) is 2.77. The number of nitrogens with zero attached hydrogens (tertiary/aromatic N) is 1. The molecule has 0 spiro atoms. The van der Waals surface area contributed by atoms with Gasteiger partial charge in [-0.2, -0.15) is 0 Å². The van der Waals surface area contributed by atoms with E-state index in [9.17, 15) is 0 Å². The molecule has 0 amide bonds. The Labute approximate surface area is 111 Å². The van der Waals surface area contributed by atoms with E-state index in [0.717, 1.165) is 6.42 Å². The minimum atomic E-state index is 1.13. The molecule has 1 nitrogen and oxygen atoms in total. The van der Waals surface area contributed by atoms with Crippen LogP contribution in [0, 0.1) is 0 Å². The van der Waals surface area contributed by atoms with Crippen LogP contribution in [0.3, 0.4) is 0 Å². The fraction of sp³-hybridized carbons (Fsp3) is 0.529. The normalized spacial score (nSPS) is 11.2. The molecule has 0 aliphatic heterocycles. The summed E-state index contributed by atoms with van der Waals surface area (Å²) in [5.74, 6) is 0. The Morgan fingerprint density at radius 1 is 0.944 bits per heavy atom. The molecule has 2 rings (SSSR count). The Bertz CT molecular complexity index is 481. The van der Waals surface area contributed by atoms with Gasteiger partial charge in [-0.25, -0.2) is 0 Å². The first-order chi connectivity index (χ1) is 8.86. The van der Waals surface area contributed by atoms with Gasteiger partial charge in [0.05, 0.1) is 0 Å². The van der Waals surface area contributed by atoms with Crippen molar-refractivity contribution in [2.75, 3.05) is 0 Å². The zero-order chi connectivity index (χ0) is 12.8. The second-order valence-corrected chi connectivity index (χ2v) is 5.11. The van der Waals surface area contributed by atoms with Gasteiger partial charge in [-0.05, 0) is 30.4 Å². The van der Waals surface area contributed by atoms with Gasteiger partial charge < -0.3 is 4.57 Å². The van der Waals surface area contributed by atoms with Crippen molar-refractivity contribution in [3.8, 4) is 0 Å². The standard InChI is InChI=1S/C17H25N/c1-3-5-6-7-10-13-18-16(4-2)14-15-11-8-9-12-17(15)18/h8-9,11-12,14H,3-7,10,13H2,1-2H3. The van der Waals surface area contributed by atoms with Crippen LogP contribution in [0.5, 0.6) is 0 Å². The quantitative estimate of drug-likeness (QED) is 0.591. The summed E-state index contributed by atoms with van der Waals surface area (Å²) >= 11 is 0. The van der Waals surface area contributed by atoms with Crippen molar-refractivity contribution in [2.45, 2.75) is 58.9 Å². The maximum atomic E-state index is 2.52. The van der Waals surface area contributed by atoms with E-state index < -0.39 is 0 Å². The van der Waals surface area contributed by atoms with Crippen LogP contribution in [0.25, 0.3) is 10.9 Å². The van der Waals surface area contributed by atoms with E-state index in [-0.39, 0.29) is 0 Å². The van der Waals surface area contributed by atoms with E-state index in [1.165, 1.54) is 55.2 Å². The summed E-state index contributed by atoms with van der Waals surface area (Å²) in [7, 11) is 0. The summed E-state index contributed by atoms with van der Waals surface area (Å²) in [6.45, 7) is 5.71. The Balaban J connectivity index is 2.06. The third-order valence-corrected chi connectivity index (χ3v) is 3.74. The molecule has 98 valence electrons. The first-order valence-electron chi connectivity index (χ1n) is 7.44. The van der Waals surface area contributed by atoms with E-state index in [1.807, 2.05) is 0 Å². The molecule has 1 heterocycles. The van der Waals surface area contributed by atoms with Crippen LogP contribution in [-0.2, 0) is 13.0 Å². The fourth-order valence-corrected chi connectivity index (χ4v) is 2.70. The monoisotopic (exact) mass is 243 g/mol. The molecular formula is C17H25N. The number of benzene rings is 1. The number of fused-ring (bicyclic) bond motifs is 1. The predicted octanol–water partition coefficient (Wildman–Crippen LogP) is 5.17. The van der Waals surface area contributed by atoms with Crippen molar-refractivity contribution in [3.63, 3.8) is 0 Å². The molecule has 0 saturated carbocycles. The van der Waals surface area contributed by atoms with Gasteiger partial charge >= 0.3 is 0 Å². The van der Waals surface area contributed by atoms with Gasteiger partial charge in [-0.3, -0.25) is 0 Å². The number of hydrogen-bond donors (Lipinski definition) is 0. The van der Waals surface area contributed by atoms with Crippen LogP contribution in [0.4, 0.5) is 0 Å². The van der Waals surface area contributed by atoms with Crippen molar-refractivity contribution >= 4 is 10.9 Å². The maximum Gasteiger partial charge on any atom is 0.0482 e. The molecule has 0 aliphatic carbocycles. The second kappa shape index (κ2) is 6.63. The highest BCUT2D eigenvalue weighted by molar-refractivity contribution is 5.81. The van der Waals surface area contributed by atoms with E-state index >= 15 is 0 Å². The Morgan fingerprint density at radius 3 is 2.50 bits per heavy atom. The van der Waals surface area contributed by atoms with Crippen LogP contribution in [0.2, 0.25) is 0 Å². The van der Waals surface area contributed by atoms with Gasteiger partial charge in [0.1, 0.15) is 0 Å². The molecule has 0 fully saturated rings. The summed E-state index contributed by atoms with van der Waals surface area (Å²) in [6, 6.07) is 11.1. The summed E-state index contributed by atoms with van der Waals surface area (Å²) in [4.78, 5) is 0. The topological polar surface area (TPSA) is 4.93 Å². The lowest BCUT2D eigenvalue weighted by atomic mass is 10.1. The van der Waals surface area contributed by atoms with E-state index in [0.29, 0.717) is 0 Å². The van der Waals surface area contributed by atoms with Crippen molar-refractivity contribution < 1.29 is 0 Å². The molecular weight excluding hydrogens is 218 g/mol. The predicted molar refractivity (Wildman–Crippen MR) is 80.1 cm³/mol. The highest BCUT2D eigenvalue weighted by Crippen LogP contribution is 2.21.